The minimum Gasteiger partial charge on any atom is -0.508 e. The van der Waals surface area contributed by atoms with Crippen molar-refractivity contribution >= 4 is 11.7 Å². The number of carbonyl (C=O) groups excluding carboxylic acids is 1. The summed E-state index contributed by atoms with van der Waals surface area (Å²) >= 11 is 0. The number of phenolic OH excluding ortho intramolecular Hbond substituents is 2. The van der Waals surface area contributed by atoms with Gasteiger partial charge in [-0.1, -0.05) is 13.8 Å². The van der Waals surface area contributed by atoms with Crippen LogP contribution in [0.15, 0.2) is 12.1 Å². The van der Waals surface area contributed by atoms with E-state index in [-0.39, 0.29) is 29.3 Å². The predicted octanol–water partition coefficient (Wildman–Crippen LogP) is 2.24. The first-order valence-corrected chi connectivity index (χ1v) is 12.0. The van der Waals surface area contributed by atoms with Gasteiger partial charge in [-0.2, -0.15) is 0 Å². The van der Waals surface area contributed by atoms with Crippen molar-refractivity contribution < 1.29 is 19.7 Å². The lowest BCUT2D eigenvalue weighted by molar-refractivity contribution is -0.115. The van der Waals surface area contributed by atoms with Crippen molar-refractivity contribution in [3.05, 3.63) is 23.3 Å². The average molecular weight is 462 g/mol. The van der Waals surface area contributed by atoms with E-state index in [1.807, 2.05) is 20.8 Å². The molecule has 2 aliphatic rings. The molecule has 1 heterocycles. The number of likely N-dealkylation sites (N-methyl/N-ethyl adjacent to an activating group) is 1. The summed E-state index contributed by atoms with van der Waals surface area (Å²) in [5.74, 6) is -0.782. The van der Waals surface area contributed by atoms with Gasteiger partial charge in [-0.15, -0.1) is 0 Å². The summed E-state index contributed by atoms with van der Waals surface area (Å²) in [6, 6.07) is 3.37. The molecule has 0 spiro atoms. The number of hydrogen-bond acceptors (Lipinski definition) is 7. The van der Waals surface area contributed by atoms with E-state index < -0.39 is 12.1 Å². The molecular weight excluding hydrogens is 422 g/mol. The molecule has 1 aromatic rings. The van der Waals surface area contributed by atoms with E-state index in [4.69, 9.17) is 15.9 Å². The van der Waals surface area contributed by atoms with Crippen LogP contribution in [0.3, 0.4) is 0 Å². The molecule has 0 bridgehead atoms. The molecule has 1 unspecified atom stereocenters. The summed E-state index contributed by atoms with van der Waals surface area (Å²) in [5.41, 5.74) is 7.71. The first-order chi connectivity index (χ1) is 15.7. The van der Waals surface area contributed by atoms with Crippen molar-refractivity contribution in [3.63, 3.8) is 0 Å². The lowest BCUT2D eigenvalue weighted by atomic mass is 9.88. The highest BCUT2D eigenvalue weighted by Crippen LogP contribution is 2.38. The molecule has 1 atom stereocenters. The summed E-state index contributed by atoms with van der Waals surface area (Å²) in [5, 5.41) is 32.2. The Morgan fingerprint density at radius 1 is 1.18 bits per heavy atom. The van der Waals surface area contributed by atoms with Crippen molar-refractivity contribution in [1.82, 2.24) is 15.1 Å². The van der Waals surface area contributed by atoms with Crippen LogP contribution in [-0.4, -0.2) is 76.7 Å². The molecule has 1 aromatic carbocycles. The smallest absolute Gasteiger partial charge is 0.286 e. The number of carbonyl (C=O) groups is 1. The summed E-state index contributed by atoms with van der Waals surface area (Å²) in [6.07, 6.45) is 2.62. The standard InChI is InChI=1S/C24H39N5O4/c1-4-27-24(32)23(26)29(17-7-5-16(6-8-17)28-9-11-33-12-10-28)22(25)19-13-18(15(2)3)20(30)14-21(19)31/h13-17,22,26,30-31H,4-12,25H2,1-3H3,(H,27,32). The maximum atomic E-state index is 12.6. The van der Waals surface area contributed by atoms with Gasteiger partial charge in [0.15, 0.2) is 5.84 Å². The van der Waals surface area contributed by atoms with E-state index in [2.05, 4.69) is 10.2 Å². The van der Waals surface area contributed by atoms with Gasteiger partial charge in [0, 0.05) is 43.3 Å². The van der Waals surface area contributed by atoms with Gasteiger partial charge in [0.1, 0.15) is 17.7 Å². The van der Waals surface area contributed by atoms with Crippen molar-refractivity contribution in [1.29, 1.82) is 5.41 Å². The topological polar surface area (TPSA) is 135 Å². The van der Waals surface area contributed by atoms with Gasteiger partial charge < -0.3 is 30.9 Å². The Bertz CT molecular complexity index is 832. The number of rotatable bonds is 6. The number of amides is 1. The molecular formula is C24H39N5O4. The van der Waals surface area contributed by atoms with Gasteiger partial charge >= 0.3 is 0 Å². The first-order valence-electron chi connectivity index (χ1n) is 12.0. The molecule has 184 valence electrons. The van der Waals surface area contributed by atoms with E-state index in [0.717, 1.165) is 52.0 Å². The van der Waals surface area contributed by atoms with Gasteiger partial charge in [-0.3, -0.25) is 15.1 Å². The second kappa shape index (κ2) is 11.2. The fraction of sp³-hybridized carbons (Fsp3) is 0.667. The Hall–Kier alpha value is -2.36. The Morgan fingerprint density at radius 2 is 1.79 bits per heavy atom. The molecule has 1 saturated carbocycles. The van der Waals surface area contributed by atoms with E-state index in [9.17, 15) is 15.0 Å². The minimum atomic E-state index is -0.886. The number of ether oxygens (including phenoxy) is 1. The summed E-state index contributed by atoms with van der Waals surface area (Å²) < 4.78 is 5.48. The zero-order chi connectivity index (χ0) is 24.1. The number of hydrogen-bond donors (Lipinski definition) is 5. The second-order valence-electron chi connectivity index (χ2n) is 9.30. The number of benzene rings is 1. The predicted molar refractivity (Wildman–Crippen MR) is 127 cm³/mol. The van der Waals surface area contributed by atoms with Crippen LogP contribution < -0.4 is 11.1 Å². The highest BCUT2D eigenvalue weighted by atomic mass is 16.5. The van der Waals surface area contributed by atoms with Crippen molar-refractivity contribution in [3.8, 4) is 11.5 Å². The summed E-state index contributed by atoms with van der Waals surface area (Å²) in [6.45, 7) is 9.51. The molecule has 2 fully saturated rings. The van der Waals surface area contributed by atoms with Gasteiger partial charge in [-0.05, 0) is 50.2 Å². The number of amidine groups is 1. The fourth-order valence-electron chi connectivity index (χ4n) is 5.02. The normalized spacial score (nSPS) is 22.7. The number of nitrogens with zero attached hydrogens (tertiary/aromatic N) is 2. The van der Waals surface area contributed by atoms with Gasteiger partial charge in [0.25, 0.3) is 5.91 Å². The van der Waals surface area contributed by atoms with Crippen LogP contribution in [0.1, 0.15) is 69.7 Å². The summed E-state index contributed by atoms with van der Waals surface area (Å²) in [4.78, 5) is 16.8. The molecule has 3 rings (SSSR count). The van der Waals surface area contributed by atoms with Gasteiger partial charge in [-0.25, -0.2) is 0 Å². The van der Waals surface area contributed by atoms with Crippen LogP contribution in [0.25, 0.3) is 0 Å². The minimum absolute atomic E-state index is 0.00909. The molecule has 0 radical (unpaired) electrons. The van der Waals surface area contributed by atoms with E-state index >= 15 is 0 Å². The molecule has 1 saturated heterocycles. The molecule has 0 aromatic heterocycles. The lowest BCUT2D eigenvalue weighted by Gasteiger charge is -2.44. The maximum Gasteiger partial charge on any atom is 0.286 e. The largest absolute Gasteiger partial charge is 0.508 e. The van der Waals surface area contributed by atoms with Crippen molar-refractivity contribution in [2.45, 2.75) is 70.6 Å². The van der Waals surface area contributed by atoms with Crippen LogP contribution in [-0.2, 0) is 9.53 Å². The Morgan fingerprint density at radius 3 is 2.36 bits per heavy atom. The van der Waals surface area contributed by atoms with Crippen LogP contribution in [0.2, 0.25) is 0 Å². The number of aromatic hydroxyl groups is 2. The SMILES string of the molecule is CCNC(=O)C(=N)N(C1CCC(N2CCOCC2)CC1)C(N)c1cc(C(C)C)c(O)cc1O. The monoisotopic (exact) mass is 461 g/mol. The molecule has 1 aliphatic heterocycles. The van der Waals surface area contributed by atoms with Crippen LogP contribution in [0, 0.1) is 5.41 Å². The third kappa shape index (κ3) is 5.77. The summed E-state index contributed by atoms with van der Waals surface area (Å²) in [7, 11) is 0. The average Bonchev–Trinajstić information content (AvgIpc) is 2.80. The zero-order valence-corrected chi connectivity index (χ0v) is 20.0. The van der Waals surface area contributed by atoms with Crippen LogP contribution in [0.5, 0.6) is 11.5 Å². The Balaban J connectivity index is 1.85. The number of phenols is 2. The third-order valence-corrected chi connectivity index (χ3v) is 6.85. The molecule has 33 heavy (non-hydrogen) atoms. The quantitative estimate of drug-likeness (QED) is 0.249. The van der Waals surface area contributed by atoms with Crippen molar-refractivity contribution in [2.75, 3.05) is 32.8 Å². The van der Waals surface area contributed by atoms with E-state index in [1.54, 1.807) is 11.0 Å². The van der Waals surface area contributed by atoms with E-state index in [1.165, 1.54) is 6.07 Å². The number of morpholine rings is 1. The van der Waals surface area contributed by atoms with Crippen LogP contribution >= 0.6 is 0 Å². The third-order valence-electron chi connectivity index (χ3n) is 6.85. The van der Waals surface area contributed by atoms with Crippen LogP contribution in [0.4, 0.5) is 0 Å². The molecule has 9 heteroatoms. The van der Waals surface area contributed by atoms with Gasteiger partial charge in [0.05, 0.1) is 13.2 Å². The molecule has 1 amide bonds. The van der Waals surface area contributed by atoms with Crippen molar-refractivity contribution in [2.24, 2.45) is 5.73 Å². The molecule has 6 N–H and O–H groups in total. The number of nitrogens with one attached hydrogen (secondary N) is 2. The Kier molecular flexibility index (Phi) is 8.56. The zero-order valence-electron chi connectivity index (χ0n) is 20.0. The van der Waals surface area contributed by atoms with Gasteiger partial charge in [0.2, 0.25) is 0 Å². The second-order valence-corrected chi connectivity index (χ2v) is 9.30. The molecule has 1 aliphatic carbocycles. The highest BCUT2D eigenvalue weighted by Gasteiger charge is 2.36. The first kappa shape index (κ1) is 25.3. The lowest BCUT2D eigenvalue weighted by Crippen LogP contribution is -2.54. The maximum absolute atomic E-state index is 12.6. The number of nitrogens with two attached hydrogens (primary N) is 1. The molecule has 9 nitrogen and oxygen atoms in total. The highest BCUT2D eigenvalue weighted by molar-refractivity contribution is 6.36. The fourth-order valence-corrected chi connectivity index (χ4v) is 5.02. The van der Waals surface area contributed by atoms with E-state index in [0.29, 0.717) is 23.7 Å². The Labute approximate surface area is 196 Å².